The number of nitrogens with zero attached hydrogens (tertiary/aromatic N) is 1. The number of thiophene rings is 1. The number of imidazole rings is 1. The van der Waals surface area contributed by atoms with Crippen LogP contribution in [0.15, 0.2) is 35.0 Å². The molecule has 0 aliphatic heterocycles. The molecule has 0 atom stereocenters. The summed E-state index contributed by atoms with van der Waals surface area (Å²) in [5, 5.41) is 4.80. The van der Waals surface area contributed by atoms with Gasteiger partial charge in [-0.2, -0.15) is 11.3 Å². The van der Waals surface area contributed by atoms with Crippen molar-refractivity contribution in [2.75, 3.05) is 0 Å². The van der Waals surface area contributed by atoms with Gasteiger partial charge in [0.05, 0.1) is 16.7 Å². The van der Waals surface area contributed by atoms with Crippen LogP contribution in [0.3, 0.4) is 0 Å². The van der Waals surface area contributed by atoms with E-state index in [-0.39, 0.29) is 0 Å². The molecule has 0 spiro atoms. The van der Waals surface area contributed by atoms with Gasteiger partial charge in [-0.1, -0.05) is 11.6 Å². The summed E-state index contributed by atoms with van der Waals surface area (Å²) < 4.78 is 2.68. The molecule has 2 aromatic heterocycles. The average molecular weight is 267 g/mol. The van der Waals surface area contributed by atoms with E-state index >= 15 is 0 Å². The Hall–Kier alpha value is -1.10. The normalized spacial score (nSPS) is 11.1. The van der Waals surface area contributed by atoms with Crippen molar-refractivity contribution in [2.45, 2.75) is 0 Å². The number of aromatic amines is 1. The summed E-state index contributed by atoms with van der Waals surface area (Å²) in [4.78, 5) is 3.17. The van der Waals surface area contributed by atoms with Crippen molar-refractivity contribution in [3.8, 4) is 5.69 Å². The second kappa shape index (κ2) is 3.73. The van der Waals surface area contributed by atoms with Gasteiger partial charge in [0.1, 0.15) is 0 Å². The molecule has 1 N–H and O–H groups in total. The van der Waals surface area contributed by atoms with E-state index < -0.39 is 0 Å². The van der Waals surface area contributed by atoms with Crippen LogP contribution < -0.4 is 0 Å². The maximum atomic E-state index is 6.00. The molecule has 2 heterocycles. The number of rotatable bonds is 1. The average Bonchev–Trinajstić information content (AvgIpc) is 2.83. The zero-order chi connectivity index (χ0) is 11.1. The lowest BCUT2D eigenvalue weighted by molar-refractivity contribution is 1.07. The molecule has 3 rings (SSSR count). The number of fused-ring (bicyclic) bond motifs is 1. The number of halogens is 1. The van der Waals surface area contributed by atoms with E-state index in [9.17, 15) is 0 Å². The first kappa shape index (κ1) is 10.1. The van der Waals surface area contributed by atoms with Gasteiger partial charge in [-0.25, -0.2) is 0 Å². The van der Waals surface area contributed by atoms with E-state index in [1.165, 1.54) is 0 Å². The first-order valence-corrected chi connectivity index (χ1v) is 6.41. The van der Waals surface area contributed by atoms with Crippen LogP contribution in [-0.4, -0.2) is 9.55 Å². The molecular formula is C11H7ClN2S2. The van der Waals surface area contributed by atoms with E-state index in [0.29, 0.717) is 9.79 Å². The summed E-state index contributed by atoms with van der Waals surface area (Å²) in [5.41, 5.74) is 3.08. The molecule has 0 amide bonds. The molecule has 0 aliphatic carbocycles. The van der Waals surface area contributed by atoms with Crippen LogP contribution in [0.4, 0.5) is 0 Å². The highest BCUT2D eigenvalue weighted by Crippen LogP contribution is 2.23. The Morgan fingerprint density at radius 1 is 1.31 bits per heavy atom. The highest BCUT2D eigenvalue weighted by molar-refractivity contribution is 7.71. The van der Waals surface area contributed by atoms with Crippen LogP contribution in [-0.2, 0) is 0 Å². The molecule has 1 aromatic carbocycles. The molecule has 3 aromatic rings. The summed E-state index contributed by atoms with van der Waals surface area (Å²) in [7, 11) is 0. The summed E-state index contributed by atoms with van der Waals surface area (Å²) >= 11 is 13.0. The van der Waals surface area contributed by atoms with Crippen molar-refractivity contribution < 1.29 is 0 Å². The number of hydrogen-bond acceptors (Lipinski definition) is 2. The second-order valence-corrected chi connectivity index (χ2v) is 5.01. The van der Waals surface area contributed by atoms with Crippen LogP contribution in [0.5, 0.6) is 0 Å². The fraction of sp³-hybridized carbons (Fsp3) is 0. The smallest absolute Gasteiger partial charge is 0.182 e. The molecule has 2 nitrogen and oxygen atoms in total. The van der Waals surface area contributed by atoms with Crippen molar-refractivity contribution in [1.82, 2.24) is 9.55 Å². The zero-order valence-corrected chi connectivity index (χ0v) is 10.5. The fourth-order valence-corrected chi connectivity index (χ4v) is 2.82. The monoisotopic (exact) mass is 266 g/mol. The van der Waals surface area contributed by atoms with Gasteiger partial charge in [0, 0.05) is 10.4 Å². The van der Waals surface area contributed by atoms with E-state index in [2.05, 4.69) is 10.4 Å². The third-order valence-corrected chi connectivity index (χ3v) is 3.60. The van der Waals surface area contributed by atoms with Gasteiger partial charge < -0.3 is 4.98 Å². The van der Waals surface area contributed by atoms with Gasteiger partial charge in [0.15, 0.2) is 4.77 Å². The first-order valence-electron chi connectivity index (χ1n) is 4.68. The van der Waals surface area contributed by atoms with Gasteiger partial charge >= 0.3 is 0 Å². The molecule has 16 heavy (non-hydrogen) atoms. The number of benzene rings is 1. The minimum atomic E-state index is 0.690. The molecule has 0 unspecified atom stereocenters. The standard InChI is InChI=1S/C11H7ClN2S2/c12-7-1-2-9-10(5-7)14(11(15)13-9)8-3-4-16-6-8/h1-6H,(H,13,15). The predicted octanol–water partition coefficient (Wildman–Crippen LogP) is 4.40. The second-order valence-electron chi connectivity index (χ2n) is 3.41. The summed E-state index contributed by atoms with van der Waals surface area (Å²) in [6, 6.07) is 7.75. The fourth-order valence-electron chi connectivity index (χ4n) is 1.72. The van der Waals surface area contributed by atoms with Gasteiger partial charge in [0.2, 0.25) is 0 Å². The van der Waals surface area contributed by atoms with E-state index in [1.807, 2.05) is 34.2 Å². The molecule has 0 bridgehead atoms. The largest absolute Gasteiger partial charge is 0.330 e. The van der Waals surface area contributed by atoms with Gasteiger partial charge in [-0.3, -0.25) is 4.57 Å². The van der Waals surface area contributed by atoms with E-state index in [4.69, 9.17) is 23.8 Å². The van der Waals surface area contributed by atoms with Crippen LogP contribution in [0.1, 0.15) is 0 Å². The van der Waals surface area contributed by atoms with Crippen LogP contribution >= 0.6 is 35.2 Å². The molecule has 0 saturated carbocycles. The summed E-state index contributed by atoms with van der Waals surface area (Å²) in [6.07, 6.45) is 0. The third-order valence-electron chi connectivity index (χ3n) is 2.41. The zero-order valence-electron chi connectivity index (χ0n) is 8.11. The third kappa shape index (κ3) is 1.50. The summed E-state index contributed by atoms with van der Waals surface area (Å²) in [5.74, 6) is 0. The van der Waals surface area contributed by atoms with Crippen molar-refractivity contribution in [3.63, 3.8) is 0 Å². The lowest BCUT2D eigenvalue weighted by Gasteiger charge is -2.00. The molecule has 0 fully saturated rings. The maximum Gasteiger partial charge on any atom is 0.182 e. The summed E-state index contributed by atoms with van der Waals surface area (Å²) in [6.45, 7) is 0. The quantitative estimate of drug-likeness (QED) is 0.648. The lowest BCUT2D eigenvalue weighted by Crippen LogP contribution is -1.90. The number of hydrogen-bond donors (Lipinski definition) is 1. The molecule has 0 radical (unpaired) electrons. The Morgan fingerprint density at radius 2 is 2.19 bits per heavy atom. The molecular weight excluding hydrogens is 260 g/mol. The van der Waals surface area contributed by atoms with Crippen molar-refractivity contribution in [3.05, 3.63) is 44.8 Å². The lowest BCUT2D eigenvalue weighted by atomic mass is 10.3. The van der Waals surface area contributed by atoms with Crippen molar-refractivity contribution >= 4 is 46.2 Å². The Kier molecular flexibility index (Phi) is 2.35. The molecule has 5 heteroatoms. The Bertz CT molecular complexity index is 694. The maximum absolute atomic E-state index is 6.00. The van der Waals surface area contributed by atoms with Gasteiger partial charge in [0.25, 0.3) is 0 Å². The Labute approximate surface area is 106 Å². The van der Waals surface area contributed by atoms with Crippen molar-refractivity contribution in [2.24, 2.45) is 0 Å². The number of nitrogens with one attached hydrogen (secondary N) is 1. The minimum Gasteiger partial charge on any atom is -0.330 e. The minimum absolute atomic E-state index is 0.690. The first-order chi connectivity index (χ1) is 7.75. The Morgan fingerprint density at radius 3 is 2.94 bits per heavy atom. The van der Waals surface area contributed by atoms with Gasteiger partial charge in [-0.05, 0) is 41.9 Å². The van der Waals surface area contributed by atoms with Gasteiger partial charge in [-0.15, -0.1) is 0 Å². The highest BCUT2D eigenvalue weighted by atomic mass is 35.5. The van der Waals surface area contributed by atoms with E-state index in [0.717, 1.165) is 16.7 Å². The van der Waals surface area contributed by atoms with Crippen LogP contribution in [0.2, 0.25) is 5.02 Å². The van der Waals surface area contributed by atoms with E-state index in [1.54, 1.807) is 11.3 Å². The number of aromatic nitrogens is 2. The predicted molar refractivity (Wildman–Crippen MR) is 71.3 cm³/mol. The number of H-pyrrole nitrogens is 1. The van der Waals surface area contributed by atoms with Crippen LogP contribution in [0.25, 0.3) is 16.7 Å². The molecule has 0 saturated heterocycles. The van der Waals surface area contributed by atoms with Crippen LogP contribution in [0, 0.1) is 4.77 Å². The topological polar surface area (TPSA) is 20.7 Å². The molecule has 0 aliphatic rings. The highest BCUT2D eigenvalue weighted by Gasteiger charge is 2.06. The van der Waals surface area contributed by atoms with Crippen molar-refractivity contribution in [1.29, 1.82) is 0 Å². The SMILES string of the molecule is S=c1[nH]c2ccc(Cl)cc2n1-c1ccsc1. The molecule has 80 valence electrons. The Balaban J connectivity index is 2.43.